The Labute approximate surface area is 187 Å². The number of H-pyrrole nitrogens is 1. The Morgan fingerprint density at radius 2 is 1.91 bits per heavy atom. The van der Waals surface area contributed by atoms with Gasteiger partial charge in [-0.05, 0) is 73.4 Å². The van der Waals surface area contributed by atoms with E-state index in [1.165, 1.54) is 10.9 Å². The maximum atomic E-state index is 13.7. The second-order valence-corrected chi connectivity index (χ2v) is 9.29. The molecular formula is C26H27N5O. The van der Waals surface area contributed by atoms with Gasteiger partial charge in [-0.3, -0.25) is 14.6 Å². The van der Waals surface area contributed by atoms with Crippen LogP contribution in [0.15, 0.2) is 67.1 Å². The predicted octanol–water partition coefficient (Wildman–Crippen LogP) is 4.43. The lowest BCUT2D eigenvalue weighted by atomic mass is 9.85. The fourth-order valence-electron chi connectivity index (χ4n) is 5.81. The van der Waals surface area contributed by atoms with Gasteiger partial charge in [0.1, 0.15) is 0 Å². The van der Waals surface area contributed by atoms with Crippen molar-refractivity contribution in [2.24, 2.45) is 5.92 Å². The molecule has 2 fully saturated rings. The standard InChI is InChI=1S/C26H27N5O/c32-26(24-5-2-1-4-20(24)17-30-11-3-10-28-30)31-22-7-8-23(31)15-19(14-22)12-18-6-9-25-21(13-18)16-27-29-25/h1-6,9-11,13,16,19,22-23H,7-8,12,14-15,17H2,(H,27,29). The van der Waals surface area contributed by atoms with Crippen molar-refractivity contribution < 1.29 is 4.79 Å². The third kappa shape index (κ3) is 3.49. The minimum absolute atomic E-state index is 0.193. The molecule has 0 spiro atoms. The van der Waals surface area contributed by atoms with Crippen LogP contribution in [0.2, 0.25) is 0 Å². The molecule has 4 heterocycles. The molecule has 0 saturated carbocycles. The number of piperidine rings is 1. The summed E-state index contributed by atoms with van der Waals surface area (Å²) in [6.07, 6.45) is 11.1. The summed E-state index contributed by atoms with van der Waals surface area (Å²) in [4.78, 5) is 15.9. The largest absolute Gasteiger partial charge is 0.333 e. The number of nitrogens with one attached hydrogen (secondary N) is 1. The molecule has 6 rings (SSSR count). The maximum Gasteiger partial charge on any atom is 0.254 e. The highest BCUT2D eigenvalue weighted by Gasteiger charge is 2.43. The van der Waals surface area contributed by atoms with Gasteiger partial charge in [-0.2, -0.15) is 10.2 Å². The number of benzene rings is 2. The van der Waals surface area contributed by atoms with E-state index in [4.69, 9.17) is 0 Å². The minimum atomic E-state index is 0.193. The van der Waals surface area contributed by atoms with Crippen molar-refractivity contribution in [2.75, 3.05) is 0 Å². The van der Waals surface area contributed by atoms with Crippen LogP contribution in [0.1, 0.15) is 47.2 Å². The number of amides is 1. The van der Waals surface area contributed by atoms with Gasteiger partial charge >= 0.3 is 0 Å². The van der Waals surface area contributed by atoms with Crippen molar-refractivity contribution in [3.8, 4) is 0 Å². The van der Waals surface area contributed by atoms with E-state index in [-0.39, 0.29) is 5.91 Å². The van der Waals surface area contributed by atoms with Gasteiger partial charge in [0.25, 0.3) is 5.91 Å². The molecule has 0 aliphatic carbocycles. The van der Waals surface area contributed by atoms with Gasteiger partial charge < -0.3 is 4.90 Å². The Balaban J connectivity index is 1.19. The lowest BCUT2D eigenvalue weighted by Gasteiger charge is -2.39. The molecule has 162 valence electrons. The summed E-state index contributed by atoms with van der Waals surface area (Å²) >= 11 is 0. The van der Waals surface area contributed by atoms with E-state index in [1.807, 2.05) is 41.3 Å². The molecule has 2 aliphatic rings. The van der Waals surface area contributed by atoms with Crippen LogP contribution in [0.3, 0.4) is 0 Å². The highest BCUT2D eigenvalue weighted by molar-refractivity contribution is 5.96. The summed E-state index contributed by atoms with van der Waals surface area (Å²) in [6.45, 7) is 0.622. The Kier molecular flexibility index (Phi) is 4.78. The Bertz CT molecular complexity index is 1230. The van der Waals surface area contributed by atoms with Gasteiger partial charge in [0.2, 0.25) is 0 Å². The second-order valence-electron chi connectivity index (χ2n) is 9.29. The highest BCUT2D eigenvalue weighted by atomic mass is 16.2. The first kappa shape index (κ1) is 19.3. The van der Waals surface area contributed by atoms with Crippen molar-refractivity contribution in [3.05, 3.63) is 83.8 Å². The number of hydrogen-bond acceptors (Lipinski definition) is 3. The van der Waals surface area contributed by atoms with E-state index in [9.17, 15) is 4.79 Å². The number of rotatable bonds is 5. The van der Waals surface area contributed by atoms with E-state index in [0.29, 0.717) is 24.5 Å². The number of carbonyl (C=O) groups is 1. The second kappa shape index (κ2) is 7.93. The molecular weight excluding hydrogens is 398 g/mol. The number of aromatic nitrogens is 4. The van der Waals surface area contributed by atoms with Crippen molar-refractivity contribution in [1.29, 1.82) is 0 Å². The SMILES string of the molecule is O=C(c1ccccc1Cn1cccn1)N1C2CCC1CC(Cc1ccc3[nH]ncc3c1)C2. The first-order valence-corrected chi connectivity index (χ1v) is 11.5. The molecule has 1 N–H and O–H groups in total. The molecule has 2 aromatic heterocycles. The van der Waals surface area contributed by atoms with E-state index < -0.39 is 0 Å². The molecule has 32 heavy (non-hydrogen) atoms. The molecule has 6 heteroatoms. The molecule has 6 nitrogen and oxygen atoms in total. The summed E-state index contributed by atoms with van der Waals surface area (Å²) < 4.78 is 1.88. The van der Waals surface area contributed by atoms with E-state index in [2.05, 4.69) is 44.5 Å². The Morgan fingerprint density at radius 1 is 1.06 bits per heavy atom. The maximum absolute atomic E-state index is 13.7. The zero-order valence-corrected chi connectivity index (χ0v) is 18.0. The number of carbonyl (C=O) groups excluding carboxylic acids is 1. The summed E-state index contributed by atoms with van der Waals surface area (Å²) in [5, 5.41) is 12.7. The van der Waals surface area contributed by atoms with E-state index in [0.717, 1.165) is 48.7 Å². The van der Waals surface area contributed by atoms with Crippen molar-refractivity contribution >= 4 is 16.8 Å². The first-order chi connectivity index (χ1) is 15.7. The Morgan fingerprint density at radius 3 is 2.72 bits per heavy atom. The van der Waals surface area contributed by atoms with Crippen LogP contribution < -0.4 is 0 Å². The topological polar surface area (TPSA) is 66.8 Å². The van der Waals surface area contributed by atoms with Crippen LogP contribution in [0, 0.1) is 5.92 Å². The Hall–Kier alpha value is -3.41. The fraction of sp³-hybridized carbons (Fsp3) is 0.346. The van der Waals surface area contributed by atoms with E-state index >= 15 is 0 Å². The van der Waals surface area contributed by atoms with Crippen LogP contribution in [0.4, 0.5) is 0 Å². The molecule has 2 aliphatic heterocycles. The van der Waals surface area contributed by atoms with Crippen LogP contribution in [-0.4, -0.2) is 42.9 Å². The van der Waals surface area contributed by atoms with Gasteiger partial charge in [-0.15, -0.1) is 0 Å². The summed E-state index contributed by atoms with van der Waals surface area (Å²) in [5.74, 6) is 0.818. The average Bonchev–Trinajstić information content (AvgIpc) is 3.54. The van der Waals surface area contributed by atoms with Crippen LogP contribution in [0.5, 0.6) is 0 Å². The van der Waals surface area contributed by atoms with Gasteiger partial charge in [0, 0.05) is 35.4 Å². The zero-order chi connectivity index (χ0) is 21.5. The number of hydrogen-bond donors (Lipinski definition) is 1. The van der Waals surface area contributed by atoms with Gasteiger partial charge in [-0.25, -0.2) is 0 Å². The highest BCUT2D eigenvalue weighted by Crippen LogP contribution is 2.41. The fourth-order valence-corrected chi connectivity index (χ4v) is 5.81. The van der Waals surface area contributed by atoms with Crippen molar-refractivity contribution in [2.45, 2.75) is 50.7 Å². The summed E-state index contributed by atoms with van der Waals surface area (Å²) in [7, 11) is 0. The molecule has 2 aromatic carbocycles. The first-order valence-electron chi connectivity index (χ1n) is 11.5. The molecule has 0 radical (unpaired) electrons. The molecule has 4 aromatic rings. The average molecular weight is 426 g/mol. The van der Waals surface area contributed by atoms with Crippen LogP contribution >= 0.6 is 0 Å². The molecule has 2 unspecified atom stereocenters. The third-order valence-corrected chi connectivity index (χ3v) is 7.23. The third-order valence-electron chi connectivity index (χ3n) is 7.23. The summed E-state index contributed by atoms with van der Waals surface area (Å²) in [5.41, 5.74) is 4.32. The number of nitrogens with zero attached hydrogens (tertiary/aromatic N) is 4. The van der Waals surface area contributed by atoms with Gasteiger partial charge in [0.05, 0.1) is 18.3 Å². The van der Waals surface area contributed by atoms with Gasteiger partial charge in [0.15, 0.2) is 0 Å². The monoisotopic (exact) mass is 425 g/mol. The molecule has 2 atom stereocenters. The summed E-state index contributed by atoms with van der Waals surface area (Å²) in [6, 6.07) is 17.2. The van der Waals surface area contributed by atoms with Crippen LogP contribution in [0.25, 0.3) is 10.9 Å². The molecule has 2 saturated heterocycles. The minimum Gasteiger partial charge on any atom is -0.333 e. The smallest absolute Gasteiger partial charge is 0.254 e. The van der Waals surface area contributed by atoms with Gasteiger partial charge in [-0.1, -0.05) is 24.3 Å². The lowest BCUT2D eigenvalue weighted by Crippen LogP contribution is -2.47. The number of fused-ring (bicyclic) bond motifs is 3. The zero-order valence-electron chi connectivity index (χ0n) is 18.0. The molecule has 2 bridgehead atoms. The molecule has 1 amide bonds. The van der Waals surface area contributed by atoms with Crippen LogP contribution in [-0.2, 0) is 13.0 Å². The predicted molar refractivity (Wildman–Crippen MR) is 123 cm³/mol. The van der Waals surface area contributed by atoms with E-state index in [1.54, 1.807) is 6.20 Å². The van der Waals surface area contributed by atoms with Crippen molar-refractivity contribution in [1.82, 2.24) is 24.9 Å². The normalized spacial score (nSPS) is 22.5. The lowest BCUT2D eigenvalue weighted by molar-refractivity contribution is 0.0523. The number of aromatic amines is 1. The quantitative estimate of drug-likeness (QED) is 0.514. The van der Waals surface area contributed by atoms with Crippen molar-refractivity contribution in [3.63, 3.8) is 0 Å².